The van der Waals surface area contributed by atoms with Crippen molar-refractivity contribution in [3.8, 4) is 6.07 Å². The summed E-state index contributed by atoms with van der Waals surface area (Å²) in [5, 5.41) is 11.7. The molecular formula is C20H23N3O. The lowest BCUT2D eigenvalue weighted by atomic mass is 10.1. The van der Waals surface area contributed by atoms with Gasteiger partial charge in [0, 0.05) is 12.2 Å². The molecule has 0 unspecified atom stereocenters. The molecule has 2 rings (SSSR count). The Morgan fingerprint density at radius 3 is 2.25 bits per heavy atom. The molecular weight excluding hydrogens is 298 g/mol. The predicted octanol–water partition coefficient (Wildman–Crippen LogP) is 3.58. The van der Waals surface area contributed by atoms with Crippen LogP contribution in [0.15, 0.2) is 48.5 Å². The SMILES string of the molecule is CCc1ccc(CN(C)[C@@H](C)C(=O)Nc2ccc(C#N)cc2)cc1. The van der Waals surface area contributed by atoms with Crippen LogP contribution in [0.4, 0.5) is 5.69 Å². The smallest absolute Gasteiger partial charge is 0.241 e. The molecule has 0 aliphatic carbocycles. The van der Waals surface area contributed by atoms with Crippen LogP contribution in [0.5, 0.6) is 0 Å². The third-order valence-corrected chi connectivity index (χ3v) is 4.19. The van der Waals surface area contributed by atoms with Crippen molar-refractivity contribution in [3.63, 3.8) is 0 Å². The van der Waals surface area contributed by atoms with Crippen LogP contribution < -0.4 is 5.32 Å². The van der Waals surface area contributed by atoms with E-state index in [-0.39, 0.29) is 11.9 Å². The summed E-state index contributed by atoms with van der Waals surface area (Å²) in [7, 11) is 1.94. The molecule has 2 aromatic rings. The highest BCUT2D eigenvalue weighted by atomic mass is 16.2. The van der Waals surface area contributed by atoms with Gasteiger partial charge in [0.1, 0.15) is 0 Å². The molecule has 1 N–H and O–H groups in total. The second kappa shape index (κ2) is 8.28. The zero-order chi connectivity index (χ0) is 17.5. The monoisotopic (exact) mass is 321 g/mol. The normalized spacial score (nSPS) is 11.8. The molecule has 0 aromatic heterocycles. The number of hydrogen-bond donors (Lipinski definition) is 1. The maximum atomic E-state index is 12.4. The summed E-state index contributed by atoms with van der Waals surface area (Å²) in [6.07, 6.45) is 1.03. The van der Waals surface area contributed by atoms with E-state index in [0.29, 0.717) is 17.8 Å². The number of amides is 1. The van der Waals surface area contributed by atoms with Crippen molar-refractivity contribution in [2.45, 2.75) is 32.9 Å². The molecule has 0 saturated heterocycles. The van der Waals surface area contributed by atoms with Crippen LogP contribution in [0.1, 0.15) is 30.5 Å². The Kier molecular flexibility index (Phi) is 6.11. The fraction of sp³-hybridized carbons (Fsp3) is 0.300. The van der Waals surface area contributed by atoms with Crippen molar-refractivity contribution in [2.75, 3.05) is 12.4 Å². The fourth-order valence-electron chi connectivity index (χ4n) is 2.38. The summed E-state index contributed by atoms with van der Waals surface area (Å²) < 4.78 is 0. The summed E-state index contributed by atoms with van der Waals surface area (Å²) in [6.45, 7) is 4.74. The molecule has 0 saturated carbocycles. The van der Waals surface area contributed by atoms with E-state index in [0.717, 1.165) is 6.42 Å². The number of benzene rings is 2. The lowest BCUT2D eigenvalue weighted by Crippen LogP contribution is -2.39. The van der Waals surface area contributed by atoms with E-state index in [1.54, 1.807) is 24.3 Å². The average molecular weight is 321 g/mol. The van der Waals surface area contributed by atoms with Gasteiger partial charge in [0.25, 0.3) is 0 Å². The van der Waals surface area contributed by atoms with Gasteiger partial charge in [-0.1, -0.05) is 31.2 Å². The van der Waals surface area contributed by atoms with Gasteiger partial charge in [-0.3, -0.25) is 9.69 Å². The largest absolute Gasteiger partial charge is 0.325 e. The number of likely N-dealkylation sites (N-methyl/N-ethyl adjacent to an activating group) is 1. The van der Waals surface area contributed by atoms with Gasteiger partial charge in [0.15, 0.2) is 0 Å². The van der Waals surface area contributed by atoms with Crippen molar-refractivity contribution in [1.82, 2.24) is 4.90 Å². The minimum absolute atomic E-state index is 0.0626. The van der Waals surface area contributed by atoms with Gasteiger partial charge in [0.2, 0.25) is 5.91 Å². The van der Waals surface area contributed by atoms with Crippen LogP contribution in [-0.2, 0) is 17.8 Å². The number of carbonyl (C=O) groups excluding carboxylic acids is 1. The molecule has 4 heteroatoms. The third-order valence-electron chi connectivity index (χ3n) is 4.19. The standard InChI is InChI=1S/C20H23N3O/c1-4-16-5-7-18(8-6-16)14-23(3)15(2)20(24)22-19-11-9-17(13-21)10-12-19/h5-12,15H,4,14H2,1-3H3,(H,22,24)/t15-/m0/s1. The van der Waals surface area contributed by atoms with Crippen molar-refractivity contribution >= 4 is 11.6 Å². The molecule has 0 aliphatic heterocycles. The lowest BCUT2D eigenvalue weighted by molar-refractivity contribution is -0.120. The summed E-state index contributed by atoms with van der Waals surface area (Å²) >= 11 is 0. The molecule has 124 valence electrons. The van der Waals surface area contributed by atoms with Crippen LogP contribution in [-0.4, -0.2) is 23.9 Å². The van der Waals surface area contributed by atoms with E-state index in [1.165, 1.54) is 11.1 Å². The van der Waals surface area contributed by atoms with Crippen LogP contribution in [0.3, 0.4) is 0 Å². The summed E-state index contributed by atoms with van der Waals surface area (Å²) in [5.74, 6) is -0.0626. The van der Waals surface area contributed by atoms with Gasteiger partial charge in [0.05, 0.1) is 17.7 Å². The molecule has 0 spiro atoms. The van der Waals surface area contributed by atoms with Crippen molar-refractivity contribution in [2.24, 2.45) is 0 Å². The molecule has 24 heavy (non-hydrogen) atoms. The first kappa shape index (κ1) is 17.7. The first-order valence-electron chi connectivity index (χ1n) is 8.12. The first-order chi connectivity index (χ1) is 11.5. The molecule has 1 atom stereocenters. The first-order valence-corrected chi connectivity index (χ1v) is 8.12. The van der Waals surface area contributed by atoms with Gasteiger partial charge in [-0.15, -0.1) is 0 Å². The highest BCUT2D eigenvalue weighted by Gasteiger charge is 2.18. The summed E-state index contributed by atoms with van der Waals surface area (Å²) in [4.78, 5) is 14.4. The Morgan fingerprint density at radius 2 is 1.71 bits per heavy atom. The Bertz CT molecular complexity index is 714. The van der Waals surface area contributed by atoms with E-state index in [2.05, 4.69) is 42.6 Å². The zero-order valence-corrected chi connectivity index (χ0v) is 14.4. The van der Waals surface area contributed by atoms with E-state index in [9.17, 15) is 4.79 Å². The summed E-state index contributed by atoms with van der Waals surface area (Å²) in [6, 6.07) is 17.2. The van der Waals surface area contributed by atoms with Crippen molar-refractivity contribution in [3.05, 3.63) is 65.2 Å². The Hall–Kier alpha value is -2.64. The molecule has 4 nitrogen and oxygen atoms in total. The highest BCUT2D eigenvalue weighted by molar-refractivity contribution is 5.94. The molecule has 1 amide bonds. The van der Waals surface area contributed by atoms with E-state index >= 15 is 0 Å². The number of rotatable bonds is 6. The van der Waals surface area contributed by atoms with Crippen LogP contribution in [0.25, 0.3) is 0 Å². The third kappa shape index (κ3) is 4.68. The number of nitrogens with one attached hydrogen (secondary N) is 1. The van der Waals surface area contributed by atoms with Gasteiger partial charge < -0.3 is 5.32 Å². The van der Waals surface area contributed by atoms with E-state index < -0.39 is 0 Å². The zero-order valence-electron chi connectivity index (χ0n) is 14.4. The molecule has 0 fully saturated rings. The topological polar surface area (TPSA) is 56.1 Å². The lowest BCUT2D eigenvalue weighted by Gasteiger charge is -2.24. The molecule has 0 aliphatic rings. The minimum atomic E-state index is -0.258. The number of aryl methyl sites for hydroxylation is 1. The molecule has 0 bridgehead atoms. The number of nitriles is 1. The molecule has 0 radical (unpaired) electrons. The number of anilines is 1. The van der Waals surface area contributed by atoms with Gasteiger partial charge in [-0.2, -0.15) is 5.26 Å². The number of carbonyl (C=O) groups is 1. The second-order valence-corrected chi connectivity index (χ2v) is 5.94. The van der Waals surface area contributed by atoms with Crippen LogP contribution in [0.2, 0.25) is 0 Å². The fourth-order valence-corrected chi connectivity index (χ4v) is 2.38. The quantitative estimate of drug-likeness (QED) is 0.885. The Morgan fingerprint density at radius 1 is 1.12 bits per heavy atom. The average Bonchev–Trinajstić information content (AvgIpc) is 2.62. The molecule has 0 heterocycles. The minimum Gasteiger partial charge on any atom is -0.325 e. The van der Waals surface area contributed by atoms with Crippen molar-refractivity contribution in [1.29, 1.82) is 5.26 Å². The van der Waals surface area contributed by atoms with Gasteiger partial charge >= 0.3 is 0 Å². The van der Waals surface area contributed by atoms with E-state index in [1.807, 2.05) is 18.9 Å². The predicted molar refractivity (Wildman–Crippen MR) is 96.5 cm³/mol. The number of nitrogens with zero attached hydrogens (tertiary/aromatic N) is 2. The number of hydrogen-bond acceptors (Lipinski definition) is 3. The van der Waals surface area contributed by atoms with Gasteiger partial charge in [-0.25, -0.2) is 0 Å². The van der Waals surface area contributed by atoms with Crippen LogP contribution >= 0.6 is 0 Å². The van der Waals surface area contributed by atoms with Crippen molar-refractivity contribution < 1.29 is 4.79 Å². The maximum Gasteiger partial charge on any atom is 0.241 e. The summed E-state index contributed by atoms with van der Waals surface area (Å²) in [5.41, 5.74) is 3.78. The highest BCUT2D eigenvalue weighted by Crippen LogP contribution is 2.12. The Balaban J connectivity index is 1.94. The Labute approximate surface area is 143 Å². The van der Waals surface area contributed by atoms with Crippen LogP contribution in [0, 0.1) is 11.3 Å². The van der Waals surface area contributed by atoms with E-state index in [4.69, 9.17) is 5.26 Å². The maximum absolute atomic E-state index is 12.4. The second-order valence-electron chi connectivity index (χ2n) is 5.94. The molecule has 2 aromatic carbocycles. The van der Waals surface area contributed by atoms with Gasteiger partial charge in [-0.05, 0) is 55.8 Å².